The van der Waals surface area contributed by atoms with Crippen molar-refractivity contribution in [2.24, 2.45) is 0 Å². The predicted molar refractivity (Wildman–Crippen MR) is 142 cm³/mol. The van der Waals surface area contributed by atoms with Gasteiger partial charge in [-0.3, -0.25) is 14.4 Å². The summed E-state index contributed by atoms with van der Waals surface area (Å²) in [5.74, 6) is -1.80. The van der Waals surface area contributed by atoms with Gasteiger partial charge in [-0.15, -0.1) is 0 Å². The third-order valence-electron chi connectivity index (χ3n) is 5.71. The zero-order chi connectivity index (χ0) is 27.2. The lowest BCUT2D eigenvalue weighted by Crippen LogP contribution is -2.32. The van der Waals surface area contributed by atoms with Gasteiger partial charge in [-0.1, -0.05) is 35.9 Å². The van der Waals surface area contributed by atoms with Gasteiger partial charge >= 0.3 is 5.97 Å². The molecule has 0 atom stereocenters. The van der Waals surface area contributed by atoms with Crippen molar-refractivity contribution >= 4 is 46.7 Å². The molecule has 0 aromatic heterocycles. The van der Waals surface area contributed by atoms with Gasteiger partial charge in [0.1, 0.15) is 16.5 Å². The molecule has 194 valence electrons. The number of carbonyl (C=O) groups excluding carboxylic acids is 3. The van der Waals surface area contributed by atoms with Crippen LogP contribution in [0.4, 0.5) is 11.4 Å². The number of hydrogen-bond acceptors (Lipinski definition) is 6. The molecular formula is C28H24ClN3O6. The molecular weight excluding hydrogens is 510 g/mol. The molecule has 0 spiro atoms. The fourth-order valence-electron chi connectivity index (χ4n) is 3.77. The molecule has 1 aliphatic rings. The topological polar surface area (TPSA) is 125 Å². The maximum absolute atomic E-state index is 13.0. The van der Waals surface area contributed by atoms with Crippen LogP contribution in [0.3, 0.4) is 0 Å². The van der Waals surface area contributed by atoms with Crippen molar-refractivity contribution in [3.05, 3.63) is 100 Å². The molecule has 9 nitrogen and oxygen atoms in total. The number of carboxylic acids is 1. The number of hydrogen-bond donors (Lipinski definition) is 3. The fraction of sp³-hybridized carbons (Fsp3) is 0.143. The molecule has 10 heteroatoms. The number of halogens is 1. The number of nitrogens with zero attached hydrogens (tertiary/aromatic N) is 1. The molecule has 1 heterocycles. The summed E-state index contributed by atoms with van der Waals surface area (Å²) in [6.45, 7) is 2.62. The number of carboxylic acid groups (broad SMARTS) is 1. The molecule has 4 rings (SSSR count). The molecule has 3 aromatic carbocycles. The van der Waals surface area contributed by atoms with Crippen LogP contribution in [0.5, 0.6) is 5.75 Å². The van der Waals surface area contributed by atoms with Crippen molar-refractivity contribution in [3.8, 4) is 5.75 Å². The van der Waals surface area contributed by atoms with E-state index in [-0.39, 0.29) is 35.2 Å². The van der Waals surface area contributed by atoms with Gasteiger partial charge in [-0.2, -0.15) is 0 Å². The first-order chi connectivity index (χ1) is 18.3. The summed E-state index contributed by atoms with van der Waals surface area (Å²) in [6.07, 6.45) is 0.125. The Balaban J connectivity index is 1.34. The van der Waals surface area contributed by atoms with Crippen molar-refractivity contribution < 1.29 is 29.0 Å². The Bertz CT molecular complexity index is 1400. The van der Waals surface area contributed by atoms with Crippen molar-refractivity contribution in [3.63, 3.8) is 0 Å². The second kappa shape index (κ2) is 11.6. The van der Waals surface area contributed by atoms with Gasteiger partial charge in [0.15, 0.2) is 0 Å². The third-order valence-corrected chi connectivity index (χ3v) is 6.06. The summed E-state index contributed by atoms with van der Waals surface area (Å²) in [6, 6.07) is 19.6. The van der Waals surface area contributed by atoms with Crippen LogP contribution in [-0.2, 0) is 27.3 Å². The monoisotopic (exact) mass is 533 g/mol. The van der Waals surface area contributed by atoms with Crippen LogP contribution in [0.25, 0.3) is 0 Å². The van der Waals surface area contributed by atoms with E-state index in [1.165, 1.54) is 12.1 Å². The second-order valence-corrected chi connectivity index (χ2v) is 8.72. The predicted octanol–water partition coefficient (Wildman–Crippen LogP) is 4.08. The first-order valence-corrected chi connectivity index (χ1v) is 12.1. The molecule has 0 unspecified atom stereocenters. The van der Waals surface area contributed by atoms with Crippen LogP contribution in [0.1, 0.15) is 28.4 Å². The smallest absolute Gasteiger partial charge is 0.335 e. The number of anilines is 2. The highest BCUT2D eigenvalue weighted by molar-refractivity contribution is 6.53. The lowest BCUT2D eigenvalue weighted by molar-refractivity contribution is -0.121. The number of carbonyl (C=O) groups is 4. The van der Waals surface area contributed by atoms with Crippen LogP contribution in [0.2, 0.25) is 0 Å². The van der Waals surface area contributed by atoms with Crippen LogP contribution >= 0.6 is 11.6 Å². The van der Waals surface area contributed by atoms with Crippen LogP contribution in [0.15, 0.2) is 83.5 Å². The highest BCUT2D eigenvalue weighted by atomic mass is 35.5. The number of benzene rings is 3. The zero-order valence-corrected chi connectivity index (χ0v) is 21.1. The van der Waals surface area contributed by atoms with Gasteiger partial charge in [-0.25, -0.2) is 9.69 Å². The Hall–Kier alpha value is -4.63. The van der Waals surface area contributed by atoms with E-state index < -0.39 is 17.8 Å². The van der Waals surface area contributed by atoms with E-state index in [1.54, 1.807) is 60.7 Å². The van der Waals surface area contributed by atoms with E-state index in [4.69, 9.17) is 21.4 Å². The minimum Gasteiger partial charge on any atom is -0.494 e. The molecule has 0 saturated heterocycles. The second-order valence-electron chi connectivity index (χ2n) is 8.34. The molecule has 1 aliphatic heterocycles. The summed E-state index contributed by atoms with van der Waals surface area (Å²) in [7, 11) is 0. The lowest BCUT2D eigenvalue weighted by Gasteiger charge is -2.15. The summed E-state index contributed by atoms with van der Waals surface area (Å²) in [4.78, 5) is 49.9. The van der Waals surface area contributed by atoms with Gasteiger partial charge in [0.25, 0.3) is 11.8 Å². The van der Waals surface area contributed by atoms with Gasteiger partial charge in [-0.05, 0) is 66.6 Å². The Morgan fingerprint density at radius 2 is 1.53 bits per heavy atom. The van der Waals surface area contributed by atoms with E-state index in [9.17, 15) is 19.2 Å². The molecule has 3 aromatic rings. The first kappa shape index (κ1) is 26.4. The number of amides is 3. The number of ether oxygens (including phenoxy) is 1. The summed E-state index contributed by atoms with van der Waals surface area (Å²) in [5, 5.41) is 14.4. The van der Waals surface area contributed by atoms with Crippen molar-refractivity contribution in [1.82, 2.24) is 5.32 Å². The van der Waals surface area contributed by atoms with Gasteiger partial charge in [0.2, 0.25) is 5.91 Å². The number of imide groups is 1. The molecule has 0 bridgehead atoms. The minimum atomic E-state index is -1.01. The standard InChI is InChI=1S/C28H24ClN3O6/c1-2-38-22-13-11-21(12-14-22)32-26(34)24(29)25(27(32)35)31-20-9-5-17(6-10-20)15-23(33)30-16-18-3-7-19(8-4-18)28(36)37/h3-14,31H,2,15-16H2,1H3,(H,30,33)(H,36,37). The summed E-state index contributed by atoms with van der Waals surface area (Å²) in [5.41, 5.74) is 2.55. The Morgan fingerprint density at radius 3 is 2.13 bits per heavy atom. The Kier molecular flexibility index (Phi) is 8.08. The molecule has 0 fully saturated rings. The highest BCUT2D eigenvalue weighted by Gasteiger charge is 2.39. The van der Waals surface area contributed by atoms with Crippen LogP contribution in [0, 0.1) is 0 Å². The van der Waals surface area contributed by atoms with E-state index in [0.29, 0.717) is 23.7 Å². The average molecular weight is 534 g/mol. The minimum absolute atomic E-state index is 0.0371. The number of aromatic carboxylic acids is 1. The average Bonchev–Trinajstić information content (AvgIpc) is 3.12. The Labute approximate surface area is 223 Å². The first-order valence-electron chi connectivity index (χ1n) is 11.7. The van der Waals surface area contributed by atoms with E-state index in [1.807, 2.05) is 6.92 Å². The van der Waals surface area contributed by atoms with Crippen LogP contribution in [-0.4, -0.2) is 35.4 Å². The van der Waals surface area contributed by atoms with E-state index in [0.717, 1.165) is 16.0 Å². The van der Waals surface area contributed by atoms with Crippen LogP contribution < -0.4 is 20.3 Å². The Morgan fingerprint density at radius 1 is 0.895 bits per heavy atom. The van der Waals surface area contributed by atoms with Gasteiger partial charge < -0.3 is 20.5 Å². The molecule has 0 aliphatic carbocycles. The number of nitrogens with one attached hydrogen (secondary N) is 2. The maximum Gasteiger partial charge on any atom is 0.335 e. The molecule has 38 heavy (non-hydrogen) atoms. The molecule has 3 N–H and O–H groups in total. The lowest BCUT2D eigenvalue weighted by atomic mass is 10.1. The van der Waals surface area contributed by atoms with Crippen molar-refractivity contribution in [2.45, 2.75) is 19.9 Å². The van der Waals surface area contributed by atoms with Gasteiger partial charge in [0.05, 0.1) is 24.3 Å². The largest absolute Gasteiger partial charge is 0.494 e. The normalized spacial score (nSPS) is 13.1. The van der Waals surface area contributed by atoms with E-state index >= 15 is 0 Å². The quantitative estimate of drug-likeness (QED) is 0.335. The summed E-state index contributed by atoms with van der Waals surface area (Å²) < 4.78 is 5.40. The zero-order valence-electron chi connectivity index (χ0n) is 20.4. The summed E-state index contributed by atoms with van der Waals surface area (Å²) >= 11 is 6.21. The molecule has 0 radical (unpaired) electrons. The fourth-order valence-corrected chi connectivity index (χ4v) is 3.98. The molecule has 0 saturated carbocycles. The van der Waals surface area contributed by atoms with E-state index in [2.05, 4.69) is 10.6 Å². The molecule has 3 amide bonds. The van der Waals surface area contributed by atoms with Crippen molar-refractivity contribution in [2.75, 3.05) is 16.8 Å². The highest BCUT2D eigenvalue weighted by Crippen LogP contribution is 2.31. The SMILES string of the molecule is CCOc1ccc(N2C(=O)C(Cl)=C(Nc3ccc(CC(=O)NCc4ccc(C(=O)O)cc4)cc3)C2=O)cc1. The number of rotatable bonds is 10. The van der Waals surface area contributed by atoms with Crippen molar-refractivity contribution in [1.29, 1.82) is 0 Å². The van der Waals surface area contributed by atoms with Gasteiger partial charge in [0, 0.05) is 12.2 Å². The third kappa shape index (κ3) is 6.01. The maximum atomic E-state index is 13.0.